The van der Waals surface area contributed by atoms with E-state index in [2.05, 4.69) is 10.4 Å². The summed E-state index contributed by atoms with van der Waals surface area (Å²) in [5.41, 5.74) is 6.44. The van der Waals surface area contributed by atoms with Gasteiger partial charge in [0.1, 0.15) is 0 Å². The third kappa shape index (κ3) is 3.48. The molecule has 5 nitrogen and oxygen atoms in total. The molecule has 1 saturated carbocycles. The molecule has 1 aromatic heterocycles. The molecule has 1 aromatic carbocycles. The Balaban J connectivity index is 0.00000176. The molecule has 1 fully saturated rings. The Kier molecular flexibility index (Phi) is 5.21. The molecule has 22 heavy (non-hydrogen) atoms. The number of nitrogens with zero attached hydrogens (tertiary/aromatic N) is 2. The summed E-state index contributed by atoms with van der Waals surface area (Å²) in [6.45, 7) is 0. The average molecular weight is 321 g/mol. The third-order valence-electron chi connectivity index (χ3n) is 4.05. The van der Waals surface area contributed by atoms with Crippen molar-refractivity contribution in [2.24, 2.45) is 5.73 Å². The maximum atomic E-state index is 12.3. The van der Waals surface area contributed by atoms with E-state index in [1.807, 2.05) is 36.5 Å². The minimum Gasteiger partial charge on any atom is -0.317 e. The first-order chi connectivity index (χ1) is 10.2. The number of nitrogens with one attached hydrogen (secondary N) is 1. The van der Waals surface area contributed by atoms with Gasteiger partial charge < -0.3 is 11.1 Å². The third-order valence-corrected chi connectivity index (χ3v) is 4.05. The van der Waals surface area contributed by atoms with Crippen molar-refractivity contribution in [3.63, 3.8) is 0 Å². The molecule has 0 aliphatic heterocycles. The molecule has 1 amide bonds. The number of hydrogen-bond acceptors (Lipinski definition) is 3. The lowest BCUT2D eigenvalue weighted by molar-refractivity contribution is -0.122. The van der Waals surface area contributed by atoms with Gasteiger partial charge in [0.05, 0.1) is 11.2 Å². The van der Waals surface area contributed by atoms with Crippen molar-refractivity contribution in [3.8, 4) is 5.69 Å². The Morgan fingerprint density at radius 2 is 1.82 bits per heavy atom. The molecule has 118 valence electrons. The van der Waals surface area contributed by atoms with Crippen LogP contribution in [0, 0.1) is 0 Å². The van der Waals surface area contributed by atoms with E-state index in [9.17, 15) is 4.79 Å². The van der Waals surface area contributed by atoms with Crippen LogP contribution in [0.4, 0.5) is 5.82 Å². The minimum absolute atomic E-state index is 0. The molecule has 0 atom stereocenters. The number of amides is 1. The van der Waals surface area contributed by atoms with Crippen LogP contribution in [0.15, 0.2) is 42.6 Å². The zero-order valence-corrected chi connectivity index (χ0v) is 13.2. The normalized spacial score (nSPS) is 16.6. The number of aromatic nitrogens is 2. The predicted octanol–water partition coefficient (Wildman–Crippen LogP) is 2.89. The van der Waals surface area contributed by atoms with Crippen LogP contribution in [0.25, 0.3) is 5.69 Å². The molecule has 3 N–H and O–H groups in total. The summed E-state index contributed by atoms with van der Waals surface area (Å²) in [7, 11) is 0. The molecule has 0 bridgehead atoms. The van der Waals surface area contributed by atoms with Crippen molar-refractivity contribution in [1.29, 1.82) is 0 Å². The molecule has 0 saturated heterocycles. The van der Waals surface area contributed by atoms with Crippen LogP contribution >= 0.6 is 12.4 Å². The van der Waals surface area contributed by atoms with Gasteiger partial charge in [-0.3, -0.25) is 4.79 Å². The van der Waals surface area contributed by atoms with Crippen molar-refractivity contribution >= 4 is 24.1 Å². The van der Waals surface area contributed by atoms with Gasteiger partial charge in [0.15, 0.2) is 5.82 Å². The highest BCUT2D eigenvalue weighted by molar-refractivity contribution is 5.97. The maximum Gasteiger partial charge on any atom is 0.245 e. The van der Waals surface area contributed by atoms with Crippen LogP contribution in [-0.4, -0.2) is 21.2 Å². The van der Waals surface area contributed by atoms with Gasteiger partial charge in [-0.25, -0.2) is 4.68 Å². The van der Waals surface area contributed by atoms with Gasteiger partial charge >= 0.3 is 0 Å². The smallest absolute Gasteiger partial charge is 0.245 e. The second-order valence-electron chi connectivity index (χ2n) is 5.65. The van der Waals surface area contributed by atoms with E-state index in [0.29, 0.717) is 5.82 Å². The van der Waals surface area contributed by atoms with Gasteiger partial charge in [0.2, 0.25) is 5.91 Å². The first-order valence-electron chi connectivity index (χ1n) is 7.39. The fourth-order valence-corrected chi connectivity index (χ4v) is 2.77. The van der Waals surface area contributed by atoms with Crippen molar-refractivity contribution < 1.29 is 4.79 Å². The molecule has 1 aliphatic rings. The summed E-state index contributed by atoms with van der Waals surface area (Å²) in [5, 5.41) is 7.22. The number of rotatable bonds is 3. The standard InChI is InChI=1S/C16H20N4O.ClH/c17-16(10-5-2-6-11-16)15(21)18-14-9-12-20(19-14)13-7-3-1-4-8-13;/h1,3-4,7-9,12H,2,5-6,10-11,17H2,(H,18,19,21);1H. The largest absolute Gasteiger partial charge is 0.317 e. The number of halogens is 1. The lowest BCUT2D eigenvalue weighted by atomic mass is 9.82. The zero-order valence-electron chi connectivity index (χ0n) is 12.4. The topological polar surface area (TPSA) is 72.9 Å². The SMILES string of the molecule is Cl.NC1(C(=O)Nc2ccn(-c3ccccc3)n2)CCCCC1. The average Bonchev–Trinajstić information content (AvgIpc) is 2.97. The van der Waals surface area contributed by atoms with Gasteiger partial charge in [0.25, 0.3) is 0 Å². The van der Waals surface area contributed by atoms with Crippen molar-refractivity contribution in [1.82, 2.24) is 9.78 Å². The van der Waals surface area contributed by atoms with E-state index in [1.54, 1.807) is 10.7 Å². The first kappa shape index (κ1) is 16.5. The monoisotopic (exact) mass is 320 g/mol. The summed E-state index contributed by atoms with van der Waals surface area (Å²) in [5.74, 6) is 0.416. The molecular weight excluding hydrogens is 300 g/mol. The number of nitrogens with two attached hydrogens (primary N) is 1. The lowest BCUT2D eigenvalue weighted by Gasteiger charge is -2.31. The molecule has 0 spiro atoms. The summed E-state index contributed by atoms with van der Waals surface area (Å²) in [6, 6.07) is 11.6. The minimum atomic E-state index is -0.741. The van der Waals surface area contributed by atoms with Gasteiger partial charge in [-0.2, -0.15) is 5.10 Å². The predicted molar refractivity (Wildman–Crippen MR) is 89.4 cm³/mol. The Morgan fingerprint density at radius 3 is 2.50 bits per heavy atom. The second-order valence-corrected chi connectivity index (χ2v) is 5.65. The van der Waals surface area contributed by atoms with Gasteiger partial charge in [-0.15, -0.1) is 12.4 Å². The molecule has 0 radical (unpaired) electrons. The van der Waals surface area contributed by atoms with E-state index in [-0.39, 0.29) is 18.3 Å². The van der Waals surface area contributed by atoms with Crippen LogP contribution in [0.2, 0.25) is 0 Å². The number of anilines is 1. The number of para-hydroxylation sites is 1. The fraction of sp³-hybridized carbons (Fsp3) is 0.375. The van der Waals surface area contributed by atoms with E-state index in [0.717, 1.165) is 37.8 Å². The number of carbonyl (C=O) groups excluding carboxylic acids is 1. The fourth-order valence-electron chi connectivity index (χ4n) is 2.77. The molecule has 0 unspecified atom stereocenters. The molecule has 6 heteroatoms. The van der Waals surface area contributed by atoms with Crippen LogP contribution in [0.3, 0.4) is 0 Å². The highest BCUT2D eigenvalue weighted by atomic mass is 35.5. The van der Waals surface area contributed by atoms with E-state index in [4.69, 9.17) is 5.73 Å². The van der Waals surface area contributed by atoms with Crippen LogP contribution in [-0.2, 0) is 4.79 Å². The van der Waals surface area contributed by atoms with E-state index < -0.39 is 5.54 Å². The molecular formula is C16H21ClN4O. The quantitative estimate of drug-likeness (QED) is 0.913. The Hall–Kier alpha value is -1.85. The number of hydrogen-bond donors (Lipinski definition) is 2. The van der Waals surface area contributed by atoms with Gasteiger partial charge in [0, 0.05) is 12.3 Å². The molecule has 3 rings (SSSR count). The molecule has 1 heterocycles. The Bertz CT molecular complexity index is 620. The van der Waals surface area contributed by atoms with Crippen molar-refractivity contribution in [2.45, 2.75) is 37.6 Å². The molecule has 2 aromatic rings. The van der Waals surface area contributed by atoms with Gasteiger partial charge in [-0.1, -0.05) is 37.5 Å². The highest BCUT2D eigenvalue weighted by Crippen LogP contribution is 2.27. The molecule has 1 aliphatic carbocycles. The summed E-state index contributed by atoms with van der Waals surface area (Å²) in [4.78, 5) is 12.3. The van der Waals surface area contributed by atoms with Crippen LogP contribution < -0.4 is 11.1 Å². The Morgan fingerprint density at radius 1 is 1.14 bits per heavy atom. The zero-order chi connectivity index (χ0) is 14.7. The summed E-state index contributed by atoms with van der Waals surface area (Å²) in [6.07, 6.45) is 6.52. The van der Waals surface area contributed by atoms with Crippen molar-refractivity contribution in [2.75, 3.05) is 5.32 Å². The summed E-state index contributed by atoms with van der Waals surface area (Å²) < 4.78 is 1.74. The van der Waals surface area contributed by atoms with E-state index in [1.165, 1.54) is 0 Å². The van der Waals surface area contributed by atoms with Crippen LogP contribution in [0.5, 0.6) is 0 Å². The Labute approximate surface area is 136 Å². The maximum absolute atomic E-state index is 12.3. The number of carbonyl (C=O) groups is 1. The lowest BCUT2D eigenvalue weighted by Crippen LogP contribution is -2.52. The second kappa shape index (κ2) is 6.94. The van der Waals surface area contributed by atoms with Crippen molar-refractivity contribution in [3.05, 3.63) is 42.6 Å². The van der Waals surface area contributed by atoms with E-state index >= 15 is 0 Å². The first-order valence-corrected chi connectivity index (χ1v) is 7.39. The van der Waals surface area contributed by atoms with Crippen LogP contribution in [0.1, 0.15) is 32.1 Å². The summed E-state index contributed by atoms with van der Waals surface area (Å²) >= 11 is 0. The highest BCUT2D eigenvalue weighted by Gasteiger charge is 2.35. The van der Waals surface area contributed by atoms with Gasteiger partial charge in [-0.05, 0) is 25.0 Å². The number of benzene rings is 1.